The van der Waals surface area contributed by atoms with Gasteiger partial charge in [-0.3, -0.25) is 0 Å². The fourth-order valence-electron chi connectivity index (χ4n) is 3.61. The molecule has 33 heavy (non-hydrogen) atoms. The summed E-state index contributed by atoms with van der Waals surface area (Å²) >= 11 is 6.05. The predicted octanol–water partition coefficient (Wildman–Crippen LogP) is 5.10. The van der Waals surface area contributed by atoms with Gasteiger partial charge < -0.3 is 5.32 Å². The van der Waals surface area contributed by atoms with E-state index in [2.05, 4.69) is 20.1 Å². The fraction of sp³-hybridized carbons (Fsp3) is 0.0833. The van der Waals surface area contributed by atoms with Crippen molar-refractivity contribution in [3.8, 4) is 0 Å². The van der Waals surface area contributed by atoms with Crippen molar-refractivity contribution in [3.63, 3.8) is 0 Å². The summed E-state index contributed by atoms with van der Waals surface area (Å²) in [6.45, 7) is 2.03. The van der Waals surface area contributed by atoms with E-state index in [1.807, 2.05) is 61.5 Å². The van der Waals surface area contributed by atoms with Crippen LogP contribution in [0.15, 0.2) is 89.8 Å². The minimum absolute atomic E-state index is 0.00998. The predicted molar refractivity (Wildman–Crippen MR) is 130 cm³/mol. The van der Waals surface area contributed by atoms with Gasteiger partial charge in [-0.25, -0.2) is 17.8 Å². The molecule has 2 N–H and O–H groups in total. The third kappa shape index (κ3) is 4.35. The van der Waals surface area contributed by atoms with Crippen LogP contribution in [-0.4, -0.2) is 23.2 Å². The van der Waals surface area contributed by atoms with Crippen LogP contribution in [0.4, 0.5) is 11.9 Å². The summed E-state index contributed by atoms with van der Waals surface area (Å²) in [7, 11) is -3.82. The average molecular weight is 478 g/mol. The summed E-state index contributed by atoms with van der Waals surface area (Å²) in [6, 6.07) is 23.4. The smallest absolute Gasteiger partial charge is 0.264 e. The Morgan fingerprint density at radius 3 is 2.36 bits per heavy atom. The molecule has 0 fully saturated rings. The number of benzene rings is 3. The number of hydrogen-bond acceptors (Lipinski definition) is 5. The Kier molecular flexibility index (Phi) is 5.39. The number of hydrogen-bond donors (Lipinski definition) is 2. The Bertz CT molecular complexity index is 1430. The van der Waals surface area contributed by atoms with E-state index < -0.39 is 10.0 Å². The summed E-state index contributed by atoms with van der Waals surface area (Å²) in [6.07, 6.45) is 2.03. The van der Waals surface area contributed by atoms with E-state index in [9.17, 15) is 8.42 Å². The van der Waals surface area contributed by atoms with Gasteiger partial charge in [-0.2, -0.15) is 4.98 Å². The Morgan fingerprint density at radius 1 is 0.970 bits per heavy atom. The maximum Gasteiger partial charge on any atom is 0.264 e. The molecule has 0 bridgehead atoms. The van der Waals surface area contributed by atoms with Gasteiger partial charge in [0.25, 0.3) is 16.0 Å². The lowest BCUT2D eigenvalue weighted by atomic mass is 10.0. The first-order chi connectivity index (χ1) is 15.9. The second-order valence-corrected chi connectivity index (χ2v) is 9.81. The molecule has 2 heterocycles. The minimum atomic E-state index is -3.82. The third-order valence-electron chi connectivity index (χ3n) is 5.32. The van der Waals surface area contributed by atoms with Gasteiger partial charge in [-0.05, 0) is 48.4 Å². The summed E-state index contributed by atoms with van der Waals surface area (Å²) < 4.78 is 29.7. The Morgan fingerprint density at radius 2 is 1.67 bits per heavy atom. The van der Waals surface area contributed by atoms with E-state index >= 15 is 0 Å². The lowest BCUT2D eigenvalue weighted by Crippen LogP contribution is -2.20. The number of nitrogens with zero attached hydrogens (tertiary/aromatic N) is 3. The normalized spacial score (nSPS) is 15.3. The molecule has 0 saturated heterocycles. The highest BCUT2D eigenvalue weighted by molar-refractivity contribution is 7.92. The molecule has 166 valence electrons. The standard InChI is InChI=1S/C24H20ClN5O2S/c1-16-7-9-18(10-8-16)22-15-21(17-11-13-19(25)14-12-17)26-24-27-23(28-30(22)24)29-33(31,32)20-5-3-2-4-6-20/h2-15,22H,1H3,(H2,26,27,28,29)/t22-/m0/s1. The number of rotatable bonds is 5. The fourth-order valence-corrected chi connectivity index (χ4v) is 4.70. The van der Waals surface area contributed by atoms with Crippen LogP contribution in [0, 0.1) is 6.92 Å². The van der Waals surface area contributed by atoms with Gasteiger partial charge in [-0.15, -0.1) is 5.10 Å². The van der Waals surface area contributed by atoms with E-state index in [0.717, 1.165) is 22.4 Å². The number of aromatic nitrogens is 3. The summed E-state index contributed by atoms with van der Waals surface area (Å²) in [4.78, 5) is 4.57. The van der Waals surface area contributed by atoms with Crippen molar-refractivity contribution in [2.75, 3.05) is 10.0 Å². The van der Waals surface area contributed by atoms with Crippen LogP contribution < -0.4 is 10.0 Å². The molecule has 3 aromatic carbocycles. The zero-order chi connectivity index (χ0) is 23.0. The summed E-state index contributed by atoms with van der Waals surface area (Å²) in [5.74, 6) is 0.419. The molecule has 0 amide bonds. The van der Waals surface area contributed by atoms with Crippen molar-refractivity contribution >= 4 is 39.2 Å². The molecule has 0 aliphatic carbocycles. The Labute approximate surface area is 196 Å². The molecule has 7 nitrogen and oxygen atoms in total. The molecular weight excluding hydrogens is 458 g/mol. The summed E-state index contributed by atoms with van der Waals surface area (Å²) in [5, 5.41) is 8.38. The van der Waals surface area contributed by atoms with Crippen molar-refractivity contribution < 1.29 is 8.42 Å². The maximum atomic E-state index is 12.8. The van der Waals surface area contributed by atoms with E-state index in [0.29, 0.717) is 11.0 Å². The van der Waals surface area contributed by atoms with Crippen molar-refractivity contribution in [1.29, 1.82) is 0 Å². The molecular formula is C24H20ClN5O2S. The van der Waals surface area contributed by atoms with Gasteiger partial charge in [0.2, 0.25) is 5.95 Å². The second-order valence-electron chi connectivity index (χ2n) is 7.69. The number of nitrogens with one attached hydrogen (secondary N) is 2. The molecule has 0 saturated carbocycles. The molecule has 5 rings (SSSR count). The lowest BCUT2D eigenvalue weighted by molar-refractivity contribution is 0.598. The molecule has 4 aromatic rings. The van der Waals surface area contributed by atoms with Gasteiger partial charge in [0.1, 0.15) is 6.04 Å². The zero-order valence-electron chi connectivity index (χ0n) is 17.6. The maximum absolute atomic E-state index is 12.8. The number of fused-ring (bicyclic) bond motifs is 1. The van der Waals surface area contributed by atoms with Crippen LogP contribution in [0.2, 0.25) is 5.02 Å². The average Bonchev–Trinajstić information content (AvgIpc) is 3.22. The molecule has 1 atom stereocenters. The third-order valence-corrected chi connectivity index (χ3v) is 6.92. The van der Waals surface area contributed by atoms with Gasteiger partial charge in [0.15, 0.2) is 0 Å². The Balaban J connectivity index is 1.54. The molecule has 0 spiro atoms. The molecule has 1 aliphatic rings. The van der Waals surface area contributed by atoms with Gasteiger partial charge in [0, 0.05) is 10.7 Å². The van der Waals surface area contributed by atoms with Crippen LogP contribution in [0.5, 0.6) is 0 Å². The summed E-state index contributed by atoms with van der Waals surface area (Å²) in [5.41, 5.74) is 3.90. The number of allylic oxidation sites excluding steroid dienone is 1. The van der Waals surface area contributed by atoms with E-state index in [4.69, 9.17) is 11.6 Å². The molecule has 1 aliphatic heterocycles. The second kappa shape index (κ2) is 8.38. The first-order valence-electron chi connectivity index (χ1n) is 10.2. The number of sulfonamides is 1. The van der Waals surface area contributed by atoms with E-state index in [1.165, 1.54) is 12.1 Å². The largest absolute Gasteiger partial charge is 0.324 e. The van der Waals surface area contributed by atoms with Crippen molar-refractivity contribution in [3.05, 3.63) is 107 Å². The molecule has 0 radical (unpaired) electrons. The monoisotopic (exact) mass is 477 g/mol. The number of aryl methyl sites for hydroxylation is 1. The van der Waals surface area contributed by atoms with Crippen molar-refractivity contribution in [2.24, 2.45) is 0 Å². The highest BCUT2D eigenvalue weighted by atomic mass is 35.5. The van der Waals surface area contributed by atoms with Crippen molar-refractivity contribution in [2.45, 2.75) is 17.9 Å². The number of anilines is 2. The highest BCUT2D eigenvalue weighted by Gasteiger charge is 2.27. The van der Waals surface area contributed by atoms with E-state index in [1.54, 1.807) is 22.9 Å². The minimum Gasteiger partial charge on any atom is -0.324 e. The number of halogens is 1. The molecule has 9 heteroatoms. The SMILES string of the molecule is Cc1ccc([C@@H]2C=C(c3ccc(Cl)cc3)Nc3nc(NS(=O)(=O)c4ccccc4)nn32)cc1. The van der Waals surface area contributed by atoms with E-state index in [-0.39, 0.29) is 16.9 Å². The van der Waals surface area contributed by atoms with Crippen LogP contribution >= 0.6 is 11.6 Å². The quantitative estimate of drug-likeness (QED) is 0.417. The van der Waals surface area contributed by atoms with Crippen LogP contribution in [-0.2, 0) is 10.0 Å². The van der Waals surface area contributed by atoms with Gasteiger partial charge in [-0.1, -0.05) is 71.8 Å². The topological polar surface area (TPSA) is 88.9 Å². The zero-order valence-corrected chi connectivity index (χ0v) is 19.2. The first-order valence-corrected chi connectivity index (χ1v) is 12.1. The Hall–Kier alpha value is -3.62. The van der Waals surface area contributed by atoms with Crippen molar-refractivity contribution in [1.82, 2.24) is 14.8 Å². The lowest BCUT2D eigenvalue weighted by Gasteiger charge is -2.24. The molecule has 1 aromatic heterocycles. The first kappa shape index (κ1) is 21.2. The van der Waals surface area contributed by atoms with Gasteiger partial charge in [0.05, 0.1) is 4.90 Å². The highest BCUT2D eigenvalue weighted by Crippen LogP contribution is 2.34. The van der Waals surface area contributed by atoms with Crippen LogP contribution in [0.25, 0.3) is 5.70 Å². The van der Waals surface area contributed by atoms with Gasteiger partial charge >= 0.3 is 0 Å². The van der Waals surface area contributed by atoms with Crippen LogP contribution in [0.1, 0.15) is 22.7 Å². The van der Waals surface area contributed by atoms with Crippen LogP contribution in [0.3, 0.4) is 0 Å². The molecule has 0 unspecified atom stereocenters.